The highest BCUT2D eigenvalue weighted by molar-refractivity contribution is 6.22. The van der Waals surface area contributed by atoms with E-state index in [2.05, 4.69) is 5.32 Å². The van der Waals surface area contributed by atoms with Gasteiger partial charge in [-0.25, -0.2) is 4.39 Å². The third-order valence-electron chi connectivity index (χ3n) is 6.45. The van der Waals surface area contributed by atoms with Crippen LogP contribution in [0, 0.1) is 5.82 Å². The highest BCUT2D eigenvalue weighted by atomic mass is 19.1. The average molecular weight is 449 g/mol. The van der Waals surface area contributed by atoms with E-state index in [0.717, 1.165) is 0 Å². The van der Waals surface area contributed by atoms with Crippen molar-refractivity contribution < 1.29 is 14.0 Å². The highest BCUT2D eigenvalue weighted by Gasteiger charge is 2.59. The summed E-state index contributed by atoms with van der Waals surface area (Å²) >= 11 is 0. The number of rotatable bonds is 3. The van der Waals surface area contributed by atoms with Gasteiger partial charge in [-0.05, 0) is 36.4 Å². The number of anilines is 3. The van der Waals surface area contributed by atoms with Crippen LogP contribution in [-0.2, 0) is 17.0 Å². The summed E-state index contributed by atoms with van der Waals surface area (Å²) < 4.78 is 14.6. The number of amides is 2. The van der Waals surface area contributed by atoms with Gasteiger partial charge in [0.2, 0.25) is 5.66 Å². The molecular formula is C28H20FN3O2. The van der Waals surface area contributed by atoms with Gasteiger partial charge in [0.25, 0.3) is 11.8 Å². The maximum atomic E-state index is 14.6. The average Bonchev–Trinajstić information content (AvgIpc) is 3.09. The lowest BCUT2D eigenvalue weighted by molar-refractivity contribution is -0.122. The van der Waals surface area contributed by atoms with Crippen molar-refractivity contribution in [3.8, 4) is 0 Å². The summed E-state index contributed by atoms with van der Waals surface area (Å²) in [5, 5.41) is 3.41. The number of nitrogens with zero attached hydrogens (tertiary/aromatic N) is 2. The standard InChI is InChI=1S/C28H20FN3O2/c29-23-15-7-4-10-19(23)18-31-25-17-9-6-14-22(25)28(27(31)34)30-24-16-8-5-13-21(24)26(33)32(28)20-11-2-1-3-12-20/h1-17,30H,18H2/t28-/m1/s1. The molecular weight excluding hydrogens is 429 g/mol. The minimum Gasteiger partial charge on any atom is -0.350 e. The Kier molecular flexibility index (Phi) is 4.48. The number of para-hydroxylation sites is 3. The van der Waals surface area contributed by atoms with Crippen molar-refractivity contribution in [2.24, 2.45) is 0 Å². The normalized spacial score (nSPS) is 18.6. The lowest BCUT2D eigenvalue weighted by Crippen LogP contribution is -2.63. The predicted octanol–water partition coefficient (Wildman–Crippen LogP) is 5.30. The van der Waals surface area contributed by atoms with Gasteiger partial charge in [0.05, 0.1) is 17.8 Å². The molecule has 0 saturated heterocycles. The third-order valence-corrected chi connectivity index (χ3v) is 6.45. The molecule has 2 aliphatic heterocycles. The van der Waals surface area contributed by atoms with E-state index in [1.54, 1.807) is 41.3 Å². The van der Waals surface area contributed by atoms with Gasteiger partial charge in [-0.3, -0.25) is 14.5 Å². The number of fused-ring (bicyclic) bond motifs is 3. The Bertz CT molecular complexity index is 1440. The number of nitrogens with one attached hydrogen (secondary N) is 1. The minimum atomic E-state index is -1.51. The van der Waals surface area contributed by atoms with Crippen LogP contribution in [0.25, 0.3) is 0 Å². The van der Waals surface area contributed by atoms with Crippen LogP contribution in [0.4, 0.5) is 21.5 Å². The molecule has 0 radical (unpaired) electrons. The Hall–Kier alpha value is -4.45. The number of hydrogen-bond donors (Lipinski definition) is 1. The van der Waals surface area contributed by atoms with Gasteiger partial charge in [-0.15, -0.1) is 0 Å². The molecule has 1 N–H and O–H groups in total. The van der Waals surface area contributed by atoms with Crippen LogP contribution in [0.5, 0.6) is 0 Å². The van der Waals surface area contributed by atoms with Crippen LogP contribution < -0.4 is 15.1 Å². The van der Waals surface area contributed by atoms with Crippen molar-refractivity contribution in [1.29, 1.82) is 0 Å². The number of benzene rings is 4. The fourth-order valence-corrected chi connectivity index (χ4v) is 4.92. The first kappa shape index (κ1) is 20.2. The summed E-state index contributed by atoms with van der Waals surface area (Å²) in [5.74, 6) is -1.01. The Morgan fingerprint density at radius 3 is 2.26 bits per heavy atom. The van der Waals surface area contributed by atoms with Gasteiger partial charge in [-0.2, -0.15) is 0 Å². The van der Waals surface area contributed by atoms with E-state index < -0.39 is 5.66 Å². The molecule has 2 aliphatic rings. The van der Waals surface area contributed by atoms with Crippen molar-refractivity contribution >= 4 is 28.9 Å². The van der Waals surface area contributed by atoms with Crippen LogP contribution in [0.15, 0.2) is 103 Å². The van der Waals surface area contributed by atoms with Crippen LogP contribution >= 0.6 is 0 Å². The highest BCUT2D eigenvalue weighted by Crippen LogP contribution is 2.49. The number of carbonyl (C=O) groups is 2. The van der Waals surface area contributed by atoms with E-state index >= 15 is 0 Å². The Labute approximate surface area is 196 Å². The molecule has 0 bridgehead atoms. The molecule has 4 aromatic rings. The Balaban J connectivity index is 1.59. The molecule has 166 valence electrons. The van der Waals surface area contributed by atoms with E-state index in [4.69, 9.17) is 0 Å². The smallest absolute Gasteiger partial charge is 0.279 e. The second-order valence-corrected chi connectivity index (χ2v) is 8.36. The molecule has 2 heterocycles. The second-order valence-electron chi connectivity index (χ2n) is 8.36. The van der Waals surface area contributed by atoms with E-state index in [1.807, 2.05) is 60.7 Å². The molecule has 0 saturated carbocycles. The fourth-order valence-electron chi connectivity index (χ4n) is 4.92. The van der Waals surface area contributed by atoms with Crippen molar-refractivity contribution in [1.82, 2.24) is 0 Å². The molecule has 0 unspecified atom stereocenters. The van der Waals surface area contributed by atoms with Gasteiger partial charge >= 0.3 is 0 Å². The van der Waals surface area contributed by atoms with Crippen molar-refractivity contribution in [3.63, 3.8) is 0 Å². The molecule has 34 heavy (non-hydrogen) atoms. The SMILES string of the molecule is O=C1c2ccccc2N[C@@]2(C(=O)N(Cc3ccccc3F)c3ccccc32)N1c1ccccc1. The summed E-state index contributed by atoms with van der Waals surface area (Å²) in [6.07, 6.45) is 0. The second kappa shape index (κ2) is 7.56. The largest absolute Gasteiger partial charge is 0.350 e. The predicted molar refractivity (Wildman–Crippen MR) is 129 cm³/mol. The van der Waals surface area contributed by atoms with Gasteiger partial charge in [0, 0.05) is 22.5 Å². The molecule has 1 atom stereocenters. The van der Waals surface area contributed by atoms with Crippen LogP contribution in [0.1, 0.15) is 21.5 Å². The zero-order valence-electron chi connectivity index (χ0n) is 18.1. The fraction of sp³-hybridized carbons (Fsp3) is 0.0714. The first-order chi connectivity index (χ1) is 16.6. The summed E-state index contributed by atoms with van der Waals surface area (Å²) in [4.78, 5) is 31.3. The molecule has 0 fully saturated rings. The summed E-state index contributed by atoms with van der Waals surface area (Å²) in [6, 6.07) is 30.1. The Morgan fingerprint density at radius 1 is 0.765 bits per heavy atom. The molecule has 5 nitrogen and oxygen atoms in total. The summed E-state index contributed by atoms with van der Waals surface area (Å²) in [5.41, 5.74) is 1.82. The van der Waals surface area contributed by atoms with Crippen LogP contribution in [0.3, 0.4) is 0 Å². The van der Waals surface area contributed by atoms with Crippen molar-refractivity contribution in [2.45, 2.75) is 12.2 Å². The number of halogens is 1. The lowest BCUT2D eigenvalue weighted by Gasteiger charge is -2.45. The van der Waals surface area contributed by atoms with E-state index in [1.165, 1.54) is 11.0 Å². The Morgan fingerprint density at radius 2 is 1.44 bits per heavy atom. The molecule has 0 aliphatic carbocycles. The monoisotopic (exact) mass is 449 g/mol. The first-order valence-electron chi connectivity index (χ1n) is 11.0. The van der Waals surface area contributed by atoms with Gasteiger partial charge in [-0.1, -0.05) is 66.7 Å². The van der Waals surface area contributed by atoms with Crippen LogP contribution in [0.2, 0.25) is 0 Å². The molecule has 4 aromatic carbocycles. The van der Waals surface area contributed by atoms with Crippen molar-refractivity contribution in [2.75, 3.05) is 15.1 Å². The van der Waals surface area contributed by atoms with Gasteiger partial charge < -0.3 is 10.2 Å². The summed E-state index contributed by atoms with van der Waals surface area (Å²) in [6.45, 7) is 0.0460. The first-order valence-corrected chi connectivity index (χ1v) is 11.0. The maximum Gasteiger partial charge on any atom is 0.279 e. The number of hydrogen-bond acceptors (Lipinski definition) is 3. The minimum absolute atomic E-state index is 0.0460. The maximum absolute atomic E-state index is 14.6. The molecule has 6 rings (SSSR count). The van der Waals surface area contributed by atoms with Gasteiger partial charge in [0.15, 0.2) is 0 Å². The summed E-state index contributed by atoms with van der Waals surface area (Å²) in [7, 11) is 0. The third kappa shape index (κ3) is 2.78. The van der Waals surface area contributed by atoms with E-state index in [0.29, 0.717) is 33.8 Å². The zero-order valence-corrected chi connectivity index (χ0v) is 18.1. The zero-order chi connectivity index (χ0) is 23.3. The van der Waals surface area contributed by atoms with E-state index in [9.17, 15) is 14.0 Å². The molecule has 2 amide bonds. The quantitative estimate of drug-likeness (QED) is 0.462. The molecule has 1 spiro atoms. The number of carbonyl (C=O) groups excluding carboxylic acids is 2. The topological polar surface area (TPSA) is 52.7 Å². The van der Waals surface area contributed by atoms with E-state index in [-0.39, 0.29) is 24.2 Å². The van der Waals surface area contributed by atoms with Crippen LogP contribution in [-0.4, -0.2) is 11.8 Å². The molecule has 6 heteroatoms. The lowest BCUT2D eigenvalue weighted by atomic mass is 9.92. The van der Waals surface area contributed by atoms with Crippen molar-refractivity contribution in [3.05, 3.63) is 126 Å². The van der Waals surface area contributed by atoms with Gasteiger partial charge in [0.1, 0.15) is 5.82 Å². The molecule has 0 aromatic heterocycles.